The molecule has 1 N–H and O–H groups in total. The number of nitrogens with one attached hydrogen (secondary N) is 1. The Labute approximate surface area is 260 Å². The highest BCUT2D eigenvalue weighted by Gasteiger charge is 2.33. The van der Waals surface area contributed by atoms with Gasteiger partial charge in [0.15, 0.2) is 0 Å². The van der Waals surface area contributed by atoms with Gasteiger partial charge in [0.05, 0.1) is 20.6 Å². The number of halogens is 3. The quantitative estimate of drug-likeness (QED) is 0.255. The highest BCUT2D eigenvalue weighted by atomic mass is 79.9. The molecule has 1 fully saturated rings. The first kappa shape index (κ1) is 31.3. The minimum atomic E-state index is -4.18. The molecule has 4 rings (SSSR count). The van der Waals surface area contributed by atoms with Gasteiger partial charge in [0.25, 0.3) is 10.0 Å². The SMILES string of the molecule is C[C@@H](C(=O)NC1CCCCC1)N(Cc1ccc(Br)cc1)C(=O)CN(c1ccc(Cl)c(Cl)c1)S(=O)(=O)c1ccccc1. The van der Waals surface area contributed by atoms with E-state index >= 15 is 0 Å². The van der Waals surface area contributed by atoms with Crippen LogP contribution in [0.5, 0.6) is 0 Å². The average Bonchev–Trinajstić information content (AvgIpc) is 2.97. The van der Waals surface area contributed by atoms with Gasteiger partial charge in [0, 0.05) is 17.1 Å². The van der Waals surface area contributed by atoms with Crippen LogP contribution in [0.25, 0.3) is 0 Å². The first-order valence-corrected chi connectivity index (χ1v) is 16.4. The predicted molar refractivity (Wildman–Crippen MR) is 167 cm³/mol. The van der Waals surface area contributed by atoms with Crippen molar-refractivity contribution in [3.63, 3.8) is 0 Å². The molecule has 0 heterocycles. The molecule has 1 saturated carbocycles. The fourth-order valence-corrected chi connectivity index (χ4v) is 6.81. The van der Waals surface area contributed by atoms with Gasteiger partial charge in [-0.1, -0.05) is 88.7 Å². The fourth-order valence-electron chi connectivity index (χ4n) is 4.83. The van der Waals surface area contributed by atoms with Crippen molar-refractivity contribution < 1.29 is 18.0 Å². The number of rotatable bonds is 10. The molecule has 0 radical (unpaired) electrons. The van der Waals surface area contributed by atoms with Crippen LogP contribution in [0.4, 0.5) is 5.69 Å². The van der Waals surface area contributed by atoms with E-state index in [0.717, 1.165) is 46.4 Å². The Hall–Kier alpha value is -2.59. The molecule has 2 amide bonds. The van der Waals surface area contributed by atoms with Gasteiger partial charge in [0.1, 0.15) is 12.6 Å². The van der Waals surface area contributed by atoms with E-state index in [1.54, 1.807) is 25.1 Å². The highest BCUT2D eigenvalue weighted by molar-refractivity contribution is 9.10. The summed E-state index contributed by atoms with van der Waals surface area (Å²) >= 11 is 15.8. The number of hydrogen-bond donors (Lipinski definition) is 1. The minimum absolute atomic E-state index is 0.0152. The molecular formula is C30H32BrCl2N3O4S. The van der Waals surface area contributed by atoms with E-state index in [0.29, 0.717) is 0 Å². The third kappa shape index (κ3) is 8.03. The highest BCUT2D eigenvalue weighted by Crippen LogP contribution is 2.31. The monoisotopic (exact) mass is 679 g/mol. The normalized spacial score (nSPS) is 14.7. The van der Waals surface area contributed by atoms with Crippen LogP contribution in [-0.4, -0.2) is 43.8 Å². The summed E-state index contributed by atoms with van der Waals surface area (Å²) < 4.78 is 29.6. The topological polar surface area (TPSA) is 86.8 Å². The number of hydrogen-bond acceptors (Lipinski definition) is 4. The first-order valence-electron chi connectivity index (χ1n) is 13.4. The zero-order valence-corrected chi connectivity index (χ0v) is 26.5. The van der Waals surface area contributed by atoms with Gasteiger partial charge in [-0.15, -0.1) is 0 Å². The van der Waals surface area contributed by atoms with Crippen LogP contribution in [0.1, 0.15) is 44.6 Å². The molecule has 1 atom stereocenters. The zero-order chi connectivity index (χ0) is 29.6. The van der Waals surface area contributed by atoms with Crippen LogP contribution in [0, 0.1) is 0 Å². The molecular weight excluding hydrogens is 649 g/mol. The Morgan fingerprint density at radius 3 is 2.24 bits per heavy atom. The number of carbonyl (C=O) groups excluding carboxylic acids is 2. The van der Waals surface area contributed by atoms with Gasteiger partial charge in [-0.05, 0) is 67.8 Å². The molecule has 0 saturated heterocycles. The van der Waals surface area contributed by atoms with E-state index in [1.165, 1.54) is 35.2 Å². The van der Waals surface area contributed by atoms with Crippen LogP contribution in [0.15, 0.2) is 82.2 Å². The molecule has 7 nitrogen and oxygen atoms in total. The van der Waals surface area contributed by atoms with Crippen molar-refractivity contribution in [2.45, 2.75) is 62.6 Å². The summed E-state index contributed by atoms with van der Waals surface area (Å²) in [4.78, 5) is 28.9. The van der Waals surface area contributed by atoms with Crippen molar-refractivity contribution in [2.75, 3.05) is 10.8 Å². The van der Waals surface area contributed by atoms with Crippen molar-refractivity contribution in [3.8, 4) is 0 Å². The summed E-state index contributed by atoms with van der Waals surface area (Å²) in [5.41, 5.74) is 0.977. The minimum Gasteiger partial charge on any atom is -0.352 e. The number of anilines is 1. The van der Waals surface area contributed by atoms with Crippen molar-refractivity contribution >= 4 is 66.7 Å². The van der Waals surface area contributed by atoms with Crippen molar-refractivity contribution in [1.29, 1.82) is 0 Å². The third-order valence-corrected chi connectivity index (χ3v) is 10.2. The van der Waals surface area contributed by atoms with Gasteiger partial charge < -0.3 is 10.2 Å². The lowest BCUT2D eigenvalue weighted by molar-refractivity contribution is -0.139. The second-order valence-electron chi connectivity index (χ2n) is 10.1. The van der Waals surface area contributed by atoms with Gasteiger partial charge in [-0.25, -0.2) is 8.42 Å². The van der Waals surface area contributed by atoms with Crippen molar-refractivity contribution in [1.82, 2.24) is 10.2 Å². The van der Waals surface area contributed by atoms with Gasteiger partial charge in [-0.2, -0.15) is 0 Å². The molecule has 0 bridgehead atoms. The maximum Gasteiger partial charge on any atom is 0.264 e. The lowest BCUT2D eigenvalue weighted by Gasteiger charge is -2.33. The first-order chi connectivity index (χ1) is 19.6. The summed E-state index contributed by atoms with van der Waals surface area (Å²) in [7, 11) is -4.18. The van der Waals surface area contributed by atoms with Gasteiger partial charge >= 0.3 is 0 Å². The summed E-state index contributed by atoms with van der Waals surface area (Å²) in [6, 6.07) is 18.9. The fraction of sp³-hybridized carbons (Fsp3) is 0.333. The van der Waals surface area contributed by atoms with E-state index < -0.39 is 28.5 Å². The largest absolute Gasteiger partial charge is 0.352 e. The lowest BCUT2D eigenvalue weighted by Crippen LogP contribution is -2.53. The average molecular weight is 681 g/mol. The number of benzene rings is 3. The number of carbonyl (C=O) groups is 2. The third-order valence-electron chi connectivity index (χ3n) is 7.19. The standard InChI is InChI=1S/C30H32BrCl2N3O4S/c1-21(30(38)34-24-8-4-2-5-9-24)35(19-22-12-14-23(31)15-13-22)29(37)20-36(25-16-17-27(32)28(33)18-25)41(39,40)26-10-6-3-7-11-26/h3,6-7,10-18,21,24H,2,4-5,8-9,19-20H2,1H3,(H,34,38)/t21-/m0/s1. The number of amides is 2. The Morgan fingerprint density at radius 1 is 0.951 bits per heavy atom. The molecule has 41 heavy (non-hydrogen) atoms. The molecule has 0 aromatic heterocycles. The maximum atomic E-state index is 14.0. The smallest absolute Gasteiger partial charge is 0.264 e. The van der Waals surface area contributed by atoms with Crippen LogP contribution >= 0.6 is 39.1 Å². The second kappa shape index (κ2) is 14.1. The molecule has 3 aromatic carbocycles. The van der Waals surface area contributed by atoms with E-state index in [9.17, 15) is 18.0 Å². The Morgan fingerprint density at radius 2 is 1.61 bits per heavy atom. The molecule has 3 aromatic rings. The molecule has 1 aliphatic rings. The summed E-state index contributed by atoms with van der Waals surface area (Å²) in [6.07, 6.45) is 5.06. The lowest BCUT2D eigenvalue weighted by atomic mass is 9.95. The Kier molecular flexibility index (Phi) is 10.7. The van der Waals surface area contributed by atoms with Crippen LogP contribution in [0.3, 0.4) is 0 Å². The number of nitrogens with zero attached hydrogens (tertiary/aromatic N) is 2. The summed E-state index contributed by atoms with van der Waals surface area (Å²) in [6.45, 7) is 1.24. The predicted octanol–water partition coefficient (Wildman–Crippen LogP) is 6.82. The maximum absolute atomic E-state index is 14.0. The van der Waals surface area contributed by atoms with E-state index in [4.69, 9.17) is 23.2 Å². The summed E-state index contributed by atoms with van der Waals surface area (Å²) in [5.74, 6) is -0.806. The van der Waals surface area contributed by atoms with E-state index in [1.807, 2.05) is 24.3 Å². The van der Waals surface area contributed by atoms with E-state index in [-0.39, 0.29) is 39.1 Å². The van der Waals surface area contributed by atoms with Crippen molar-refractivity contribution in [2.24, 2.45) is 0 Å². The van der Waals surface area contributed by atoms with Gasteiger partial charge in [-0.3, -0.25) is 13.9 Å². The summed E-state index contributed by atoms with van der Waals surface area (Å²) in [5, 5.41) is 3.50. The van der Waals surface area contributed by atoms with Crippen LogP contribution in [-0.2, 0) is 26.2 Å². The second-order valence-corrected chi connectivity index (χ2v) is 13.7. The van der Waals surface area contributed by atoms with Crippen LogP contribution in [0.2, 0.25) is 10.0 Å². The molecule has 1 aliphatic carbocycles. The Bertz CT molecular complexity index is 1470. The number of sulfonamides is 1. The molecule has 218 valence electrons. The Balaban J connectivity index is 1.68. The van der Waals surface area contributed by atoms with Crippen molar-refractivity contribution in [3.05, 3.63) is 92.9 Å². The molecule has 11 heteroatoms. The van der Waals surface area contributed by atoms with Gasteiger partial charge in [0.2, 0.25) is 11.8 Å². The van der Waals surface area contributed by atoms with Crippen LogP contribution < -0.4 is 9.62 Å². The molecule has 0 spiro atoms. The van der Waals surface area contributed by atoms with E-state index in [2.05, 4.69) is 21.2 Å². The molecule has 0 aliphatic heterocycles. The zero-order valence-electron chi connectivity index (χ0n) is 22.6. The molecule has 0 unspecified atom stereocenters.